The van der Waals surface area contributed by atoms with Crippen LogP contribution in [0.25, 0.3) is 5.76 Å². The van der Waals surface area contributed by atoms with Gasteiger partial charge in [-0.2, -0.15) is 0 Å². The topological polar surface area (TPSA) is 109 Å². The van der Waals surface area contributed by atoms with Crippen LogP contribution in [0.4, 0.5) is 11.4 Å². The van der Waals surface area contributed by atoms with Gasteiger partial charge < -0.3 is 15.2 Å². The number of ketones is 1. The molecule has 1 fully saturated rings. The molecule has 0 bridgehead atoms. The average Bonchev–Trinajstić information content (AvgIpc) is 3.09. The summed E-state index contributed by atoms with van der Waals surface area (Å²) in [4.78, 5) is 43.3. The molecule has 2 heterocycles. The van der Waals surface area contributed by atoms with Crippen LogP contribution in [0, 0.1) is 0 Å². The van der Waals surface area contributed by atoms with Gasteiger partial charge in [0.2, 0.25) is 5.91 Å². The van der Waals surface area contributed by atoms with Gasteiger partial charge in [0.05, 0.1) is 18.7 Å². The van der Waals surface area contributed by atoms with Crippen molar-refractivity contribution in [2.24, 2.45) is 0 Å². The number of rotatable bonds is 5. The van der Waals surface area contributed by atoms with Gasteiger partial charge in [-0.05, 0) is 42.0 Å². The number of hydrogen-bond acceptors (Lipinski definition) is 6. The van der Waals surface area contributed by atoms with E-state index in [1.807, 2.05) is 0 Å². The summed E-state index contributed by atoms with van der Waals surface area (Å²) in [5.74, 6) is -1.71. The average molecular weight is 443 g/mol. The summed E-state index contributed by atoms with van der Waals surface area (Å²) < 4.78 is 5.22. The molecule has 0 spiro atoms. The third-order valence-electron chi connectivity index (χ3n) is 5.23. The van der Waals surface area contributed by atoms with Crippen molar-refractivity contribution < 1.29 is 24.2 Å². The number of ether oxygens (including phenoxy) is 1. The van der Waals surface area contributed by atoms with Gasteiger partial charge in [0.1, 0.15) is 11.5 Å². The molecule has 1 atom stereocenters. The molecule has 0 radical (unpaired) electrons. The Morgan fingerprint density at radius 2 is 1.88 bits per heavy atom. The van der Waals surface area contributed by atoms with E-state index in [9.17, 15) is 19.5 Å². The normalized spacial score (nSPS) is 17.2. The van der Waals surface area contributed by atoms with Crippen LogP contribution < -0.4 is 15.0 Å². The van der Waals surface area contributed by atoms with Crippen LogP contribution in [-0.4, -0.2) is 34.8 Å². The maximum absolute atomic E-state index is 13.2. The standard InChI is InChI=1S/C25H21N3O5/c1-15(29)27-18-8-4-9-19(13-18)28-22(17-7-5-11-26-14-17)21(24(31)25(28)32)23(30)16-6-3-10-20(12-16)33-2/h3-14,22,30H,1-2H3,(H,27,29)/b23-21+. The molecule has 8 nitrogen and oxygen atoms in total. The summed E-state index contributed by atoms with van der Waals surface area (Å²) in [6.45, 7) is 1.38. The number of aliphatic hydroxyl groups is 1. The molecule has 0 aliphatic carbocycles. The minimum absolute atomic E-state index is 0.0637. The Kier molecular flexibility index (Phi) is 5.91. The maximum atomic E-state index is 13.2. The van der Waals surface area contributed by atoms with Gasteiger partial charge >= 0.3 is 0 Å². The van der Waals surface area contributed by atoms with Crippen LogP contribution in [0.1, 0.15) is 24.1 Å². The van der Waals surface area contributed by atoms with E-state index in [1.165, 1.54) is 18.9 Å². The van der Waals surface area contributed by atoms with E-state index in [4.69, 9.17) is 4.74 Å². The first kappa shape index (κ1) is 21.8. The molecule has 2 aromatic carbocycles. The fourth-order valence-corrected chi connectivity index (χ4v) is 3.81. The second-order valence-corrected chi connectivity index (χ2v) is 7.42. The second kappa shape index (κ2) is 8.96. The molecule has 2 N–H and O–H groups in total. The lowest BCUT2D eigenvalue weighted by molar-refractivity contribution is -0.132. The molecular formula is C25H21N3O5. The first-order chi connectivity index (χ1) is 15.9. The number of aliphatic hydroxyl groups excluding tert-OH is 1. The number of aromatic nitrogens is 1. The molecule has 166 valence electrons. The number of Topliss-reactive ketones (excluding diaryl/α,β-unsaturated/α-hetero) is 1. The number of carbonyl (C=O) groups is 3. The minimum atomic E-state index is -0.919. The quantitative estimate of drug-likeness (QED) is 0.354. The van der Waals surface area contributed by atoms with Crippen LogP contribution >= 0.6 is 0 Å². The van der Waals surface area contributed by atoms with Gasteiger partial charge in [-0.1, -0.05) is 24.3 Å². The predicted molar refractivity (Wildman–Crippen MR) is 123 cm³/mol. The van der Waals surface area contributed by atoms with Crippen molar-refractivity contribution >= 4 is 34.7 Å². The molecule has 1 saturated heterocycles. The molecular weight excluding hydrogens is 422 g/mol. The summed E-state index contributed by atoms with van der Waals surface area (Å²) in [7, 11) is 1.50. The molecule has 1 unspecified atom stereocenters. The summed E-state index contributed by atoms with van der Waals surface area (Å²) in [5, 5.41) is 13.8. The molecule has 0 saturated carbocycles. The number of benzene rings is 2. The van der Waals surface area contributed by atoms with E-state index in [1.54, 1.807) is 73.1 Å². The lowest BCUT2D eigenvalue weighted by atomic mass is 9.96. The Balaban J connectivity index is 1.90. The van der Waals surface area contributed by atoms with Gasteiger partial charge in [-0.3, -0.25) is 24.3 Å². The molecule has 1 aromatic heterocycles. The lowest BCUT2D eigenvalue weighted by Gasteiger charge is -2.25. The second-order valence-electron chi connectivity index (χ2n) is 7.42. The molecule has 1 aliphatic heterocycles. The number of nitrogens with zero attached hydrogens (tertiary/aromatic N) is 2. The summed E-state index contributed by atoms with van der Waals surface area (Å²) in [6, 6.07) is 15.7. The van der Waals surface area contributed by atoms with Crippen molar-refractivity contribution in [3.05, 3.63) is 89.8 Å². The zero-order chi connectivity index (χ0) is 23.5. The van der Waals surface area contributed by atoms with Gasteiger partial charge in [-0.25, -0.2) is 0 Å². The first-order valence-corrected chi connectivity index (χ1v) is 10.1. The smallest absolute Gasteiger partial charge is 0.300 e. The largest absolute Gasteiger partial charge is 0.507 e. The first-order valence-electron chi connectivity index (χ1n) is 10.1. The van der Waals surface area contributed by atoms with E-state index < -0.39 is 17.7 Å². The van der Waals surface area contributed by atoms with E-state index in [0.29, 0.717) is 28.3 Å². The number of anilines is 2. The van der Waals surface area contributed by atoms with Gasteiger partial charge in [-0.15, -0.1) is 0 Å². The highest BCUT2D eigenvalue weighted by molar-refractivity contribution is 6.51. The van der Waals surface area contributed by atoms with Crippen molar-refractivity contribution in [2.75, 3.05) is 17.3 Å². The fourth-order valence-electron chi connectivity index (χ4n) is 3.81. The van der Waals surface area contributed by atoms with Gasteiger partial charge in [0.25, 0.3) is 11.7 Å². The lowest BCUT2D eigenvalue weighted by Crippen LogP contribution is -2.29. The molecule has 3 aromatic rings. The minimum Gasteiger partial charge on any atom is -0.507 e. The highest BCUT2D eigenvalue weighted by Crippen LogP contribution is 2.42. The summed E-state index contributed by atoms with van der Waals surface area (Å²) in [6.07, 6.45) is 3.12. The Labute approximate surface area is 190 Å². The van der Waals surface area contributed by atoms with Crippen molar-refractivity contribution in [3.63, 3.8) is 0 Å². The predicted octanol–water partition coefficient (Wildman–Crippen LogP) is 3.67. The fraction of sp³-hybridized carbons (Fsp3) is 0.120. The van der Waals surface area contributed by atoms with Crippen molar-refractivity contribution in [1.82, 2.24) is 4.98 Å². The Morgan fingerprint density at radius 3 is 2.58 bits per heavy atom. The monoisotopic (exact) mass is 443 g/mol. The Morgan fingerprint density at radius 1 is 1.09 bits per heavy atom. The van der Waals surface area contributed by atoms with Crippen LogP contribution in [0.15, 0.2) is 78.6 Å². The number of nitrogens with one attached hydrogen (secondary N) is 1. The number of amides is 2. The Hall–Kier alpha value is -4.46. The molecule has 1 aliphatic rings. The molecule has 8 heteroatoms. The molecule has 2 amide bonds. The summed E-state index contributed by atoms with van der Waals surface area (Å²) >= 11 is 0. The van der Waals surface area contributed by atoms with Crippen molar-refractivity contribution in [2.45, 2.75) is 13.0 Å². The van der Waals surface area contributed by atoms with Gasteiger partial charge in [0.15, 0.2) is 0 Å². The van der Waals surface area contributed by atoms with E-state index in [-0.39, 0.29) is 17.2 Å². The summed E-state index contributed by atoms with van der Waals surface area (Å²) in [5.41, 5.74) is 1.69. The highest BCUT2D eigenvalue weighted by Gasteiger charge is 2.47. The number of hydrogen-bond donors (Lipinski definition) is 2. The van der Waals surface area contributed by atoms with Crippen LogP contribution in [0.5, 0.6) is 5.75 Å². The highest BCUT2D eigenvalue weighted by atomic mass is 16.5. The number of pyridine rings is 1. The van der Waals surface area contributed by atoms with Crippen LogP contribution in [-0.2, 0) is 14.4 Å². The SMILES string of the molecule is COc1cccc(/C(O)=C2\C(=O)C(=O)N(c3cccc(NC(C)=O)c3)C2c2cccnc2)c1. The van der Waals surface area contributed by atoms with Crippen molar-refractivity contribution in [3.8, 4) is 5.75 Å². The van der Waals surface area contributed by atoms with E-state index in [0.717, 1.165) is 0 Å². The zero-order valence-corrected chi connectivity index (χ0v) is 18.0. The third-order valence-corrected chi connectivity index (χ3v) is 5.23. The number of methoxy groups -OCH3 is 1. The van der Waals surface area contributed by atoms with Crippen LogP contribution in [0.3, 0.4) is 0 Å². The van der Waals surface area contributed by atoms with Crippen LogP contribution in [0.2, 0.25) is 0 Å². The Bertz CT molecular complexity index is 1270. The van der Waals surface area contributed by atoms with Gasteiger partial charge in [0, 0.05) is 36.3 Å². The van der Waals surface area contributed by atoms with E-state index in [2.05, 4.69) is 10.3 Å². The number of carbonyl (C=O) groups excluding carboxylic acids is 3. The maximum Gasteiger partial charge on any atom is 0.300 e. The molecule has 4 rings (SSSR count). The van der Waals surface area contributed by atoms with E-state index >= 15 is 0 Å². The zero-order valence-electron chi connectivity index (χ0n) is 18.0. The third kappa shape index (κ3) is 4.18. The van der Waals surface area contributed by atoms with Crippen molar-refractivity contribution in [1.29, 1.82) is 0 Å². The molecule has 33 heavy (non-hydrogen) atoms.